The smallest absolute Gasteiger partial charge is 0.416 e. The Labute approximate surface area is 214 Å². The molecule has 186 valence electrons. The molecule has 2 aliphatic heterocycles. The summed E-state index contributed by atoms with van der Waals surface area (Å²) in [5.74, 6) is 0.435. The quantitative estimate of drug-likeness (QED) is 0.416. The van der Waals surface area contributed by atoms with Crippen molar-refractivity contribution in [3.8, 4) is 5.75 Å². The summed E-state index contributed by atoms with van der Waals surface area (Å²) in [7, 11) is 1.52. The van der Waals surface area contributed by atoms with Crippen LogP contribution in [0.4, 0.5) is 18.9 Å². The Balaban J connectivity index is 1.55. The van der Waals surface area contributed by atoms with Gasteiger partial charge in [-0.25, -0.2) is 0 Å². The second-order valence-corrected chi connectivity index (χ2v) is 10.1. The highest BCUT2D eigenvalue weighted by Gasteiger charge is 2.59. The van der Waals surface area contributed by atoms with Gasteiger partial charge in [-0.05, 0) is 60.2 Å². The number of benzene rings is 3. The van der Waals surface area contributed by atoms with Gasteiger partial charge in [0.05, 0.1) is 24.9 Å². The van der Waals surface area contributed by atoms with E-state index in [1.807, 2.05) is 0 Å². The molecule has 36 heavy (non-hydrogen) atoms. The number of nitrogens with zero attached hydrogens (tertiary/aromatic N) is 2. The predicted molar refractivity (Wildman–Crippen MR) is 132 cm³/mol. The van der Waals surface area contributed by atoms with Gasteiger partial charge in [-0.2, -0.15) is 13.2 Å². The van der Waals surface area contributed by atoms with Crippen LogP contribution >= 0.6 is 23.4 Å². The minimum absolute atomic E-state index is 0.0571. The molecular formula is C26H20ClF3N2O3S. The van der Waals surface area contributed by atoms with Gasteiger partial charge in [0.15, 0.2) is 4.87 Å². The third-order valence-corrected chi connectivity index (χ3v) is 8.03. The maximum absolute atomic E-state index is 14.1. The zero-order valence-corrected chi connectivity index (χ0v) is 20.6. The number of fused-ring (bicyclic) bond motifs is 2. The molecular weight excluding hydrogens is 513 g/mol. The van der Waals surface area contributed by atoms with Crippen LogP contribution in [-0.4, -0.2) is 36.1 Å². The number of amides is 2. The molecule has 0 aliphatic carbocycles. The van der Waals surface area contributed by atoms with Crippen molar-refractivity contribution < 1.29 is 27.5 Å². The van der Waals surface area contributed by atoms with Crippen molar-refractivity contribution in [2.24, 2.45) is 0 Å². The number of ether oxygens (including phenoxy) is 1. The first kappa shape index (κ1) is 24.5. The first-order chi connectivity index (χ1) is 17.1. The molecule has 0 saturated carbocycles. The molecule has 5 rings (SSSR count). The molecule has 0 unspecified atom stereocenters. The Bertz CT molecular complexity index is 1330. The lowest BCUT2D eigenvalue weighted by atomic mass is 10.0. The van der Waals surface area contributed by atoms with Crippen LogP contribution in [-0.2, 0) is 22.4 Å². The molecule has 0 bridgehead atoms. The molecule has 1 spiro atoms. The molecule has 0 radical (unpaired) electrons. The van der Waals surface area contributed by atoms with Crippen molar-refractivity contribution in [2.75, 3.05) is 24.3 Å². The van der Waals surface area contributed by atoms with Crippen LogP contribution < -0.4 is 9.64 Å². The van der Waals surface area contributed by atoms with Crippen LogP contribution in [0.3, 0.4) is 0 Å². The zero-order valence-electron chi connectivity index (χ0n) is 19.0. The van der Waals surface area contributed by atoms with Gasteiger partial charge in [0.1, 0.15) is 5.75 Å². The Morgan fingerprint density at radius 3 is 2.42 bits per heavy atom. The first-order valence-electron chi connectivity index (χ1n) is 11.0. The van der Waals surface area contributed by atoms with Crippen LogP contribution in [0.2, 0.25) is 5.02 Å². The molecule has 3 aromatic rings. The van der Waals surface area contributed by atoms with Gasteiger partial charge in [0.2, 0.25) is 0 Å². The van der Waals surface area contributed by atoms with E-state index in [9.17, 15) is 22.8 Å². The lowest BCUT2D eigenvalue weighted by molar-refractivity contribution is -0.137. The van der Waals surface area contributed by atoms with Gasteiger partial charge >= 0.3 is 6.18 Å². The minimum Gasteiger partial charge on any atom is -0.497 e. The summed E-state index contributed by atoms with van der Waals surface area (Å²) in [6.45, 7) is 0.407. The van der Waals surface area contributed by atoms with E-state index in [1.54, 1.807) is 47.4 Å². The van der Waals surface area contributed by atoms with E-state index in [-0.39, 0.29) is 18.4 Å². The van der Waals surface area contributed by atoms with E-state index in [0.717, 1.165) is 12.1 Å². The van der Waals surface area contributed by atoms with Gasteiger partial charge in [-0.15, -0.1) is 11.8 Å². The number of anilines is 1. The molecule has 1 fully saturated rings. The first-order valence-corrected chi connectivity index (χ1v) is 12.4. The Morgan fingerprint density at radius 1 is 1.08 bits per heavy atom. The van der Waals surface area contributed by atoms with Gasteiger partial charge < -0.3 is 14.5 Å². The summed E-state index contributed by atoms with van der Waals surface area (Å²) in [5.41, 5.74) is 1.38. The van der Waals surface area contributed by atoms with Crippen LogP contribution in [0.25, 0.3) is 0 Å². The van der Waals surface area contributed by atoms with Crippen LogP contribution in [0.5, 0.6) is 5.75 Å². The summed E-state index contributed by atoms with van der Waals surface area (Å²) in [6, 6.07) is 16.4. The molecule has 2 heterocycles. The molecule has 3 aromatic carbocycles. The van der Waals surface area contributed by atoms with Crippen molar-refractivity contribution in [1.29, 1.82) is 0 Å². The molecule has 0 aromatic heterocycles. The van der Waals surface area contributed by atoms with E-state index in [1.165, 1.54) is 35.9 Å². The minimum atomic E-state index is -4.45. The van der Waals surface area contributed by atoms with E-state index >= 15 is 0 Å². The highest BCUT2D eigenvalue weighted by Crippen LogP contribution is 2.55. The van der Waals surface area contributed by atoms with Gasteiger partial charge in [-0.3, -0.25) is 9.59 Å². The maximum Gasteiger partial charge on any atom is 0.416 e. The second-order valence-electron chi connectivity index (χ2n) is 8.43. The largest absolute Gasteiger partial charge is 0.497 e. The lowest BCUT2D eigenvalue weighted by Crippen LogP contribution is -2.50. The average Bonchev–Trinajstić information content (AvgIpc) is 3.40. The van der Waals surface area contributed by atoms with Gasteiger partial charge in [0.25, 0.3) is 11.8 Å². The normalized spacial score (nSPS) is 19.2. The van der Waals surface area contributed by atoms with E-state index in [4.69, 9.17) is 16.3 Å². The number of carbonyl (C=O) groups is 2. The van der Waals surface area contributed by atoms with Crippen molar-refractivity contribution in [3.05, 3.63) is 94.0 Å². The Morgan fingerprint density at radius 2 is 1.78 bits per heavy atom. The van der Waals surface area contributed by atoms with Crippen LogP contribution in [0.15, 0.2) is 66.7 Å². The summed E-state index contributed by atoms with van der Waals surface area (Å²) in [5, 5.41) is 0.492. The van der Waals surface area contributed by atoms with Crippen LogP contribution in [0.1, 0.15) is 27.0 Å². The SMILES string of the molecule is COc1ccc2c(c1)[C@]1(SCCN1C(=O)c1ccc(Cl)cc1)C(=O)N2Cc1ccc(C(F)(F)F)cc1. The fourth-order valence-electron chi connectivity index (χ4n) is 4.61. The summed E-state index contributed by atoms with van der Waals surface area (Å²) in [4.78, 5) is 29.4. The average molecular weight is 533 g/mol. The fourth-order valence-corrected chi connectivity index (χ4v) is 6.19. The summed E-state index contributed by atoms with van der Waals surface area (Å²) in [6.07, 6.45) is -4.45. The number of rotatable bonds is 4. The van der Waals surface area contributed by atoms with Crippen LogP contribution in [0, 0.1) is 0 Å². The summed E-state index contributed by atoms with van der Waals surface area (Å²) >= 11 is 7.35. The molecule has 1 saturated heterocycles. The van der Waals surface area contributed by atoms with Crippen molar-refractivity contribution in [3.63, 3.8) is 0 Å². The number of hydrogen-bond acceptors (Lipinski definition) is 4. The number of thioether (sulfide) groups is 1. The Kier molecular flexibility index (Phi) is 6.16. The molecule has 0 N–H and O–H groups in total. The molecule has 1 atom stereocenters. The second kappa shape index (κ2) is 9.05. The lowest BCUT2D eigenvalue weighted by Gasteiger charge is -2.33. The fraction of sp³-hybridized carbons (Fsp3) is 0.231. The third-order valence-electron chi connectivity index (χ3n) is 6.36. The molecule has 10 heteroatoms. The molecule has 2 amide bonds. The van der Waals surface area contributed by atoms with Crippen molar-refractivity contribution in [1.82, 2.24) is 4.90 Å². The van der Waals surface area contributed by atoms with E-state index < -0.39 is 16.6 Å². The number of methoxy groups -OCH3 is 1. The molecule has 5 nitrogen and oxygen atoms in total. The molecule has 2 aliphatic rings. The highest BCUT2D eigenvalue weighted by atomic mass is 35.5. The predicted octanol–water partition coefficient (Wildman–Crippen LogP) is 5.96. The summed E-state index contributed by atoms with van der Waals surface area (Å²) < 4.78 is 44.4. The topological polar surface area (TPSA) is 49.9 Å². The zero-order chi connectivity index (χ0) is 25.7. The number of carbonyl (C=O) groups excluding carboxylic acids is 2. The maximum atomic E-state index is 14.1. The monoisotopic (exact) mass is 532 g/mol. The number of halogens is 4. The third kappa shape index (κ3) is 4.00. The standard InChI is InChI=1S/C26H20ClF3N2O3S/c1-35-20-10-11-22-21(14-20)25(32(12-13-36-25)23(33)17-4-8-19(27)9-5-17)24(34)31(22)15-16-2-6-18(7-3-16)26(28,29)30/h2-11,14H,12-13,15H2,1H3/t25-/m0/s1. The Hall–Kier alpha value is -3.17. The number of alkyl halides is 3. The van der Waals surface area contributed by atoms with Gasteiger partial charge in [-0.1, -0.05) is 23.7 Å². The van der Waals surface area contributed by atoms with E-state index in [0.29, 0.717) is 45.4 Å². The van der Waals surface area contributed by atoms with Gasteiger partial charge in [0, 0.05) is 28.4 Å². The van der Waals surface area contributed by atoms with E-state index in [2.05, 4.69) is 0 Å². The highest BCUT2D eigenvalue weighted by molar-refractivity contribution is 8.01. The van der Waals surface area contributed by atoms with Crippen molar-refractivity contribution in [2.45, 2.75) is 17.6 Å². The van der Waals surface area contributed by atoms with Crippen molar-refractivity contribution >= 4 is 40.9 Å². The number of hydrogen-bond donors (Lipinski definition) is 0.